The fourth-order valence-electron chi connectivity index (χ4n) is 2.15. The number of aromatic nitrogens is 1. The monoisotopic (exact) mass is 293 g/mol. The van der Waals surface area contributed by atoms with Crippen LogP contribution in [0.2, 0.25) is 0 Å². The van der Waals surface area contributed by atoms with E-state index < -0.39 is 0 Å². The molecule has 0 bridgehead atoms. The van der Waals surface area contributed by atoms with Crippen LogP contribution in [0.3, 0.4) is 0 Å². The minimum atomic E-state index is 0.553. The molecule has 0 spiro atoms. The molecule has 1 aromatic heterocycles. The van der Waals surface area contributed by atoms with E-state index in [2.05, 4.69) is 21.7 Å². The lowest BCUT2D eigenvalue weighted by Crippen LogP contribution is -2.19. The molecule has 21 heavy (non-hydrogen) atoms. The Kier molecular flexibility index (Phi) is 3.79. The van der Waals surface area contributed by atoms with Gasteiger partial charge in [-0.05, 0) is 43.4 Å². The van der Waals surface area contributed by atoms with E-state index >= 15 is 0 Å². The van der Waals surface area contributed by atoms with Gasteiger partial charge in [0, 0.05) is 16.8 Å². The molecule has 3 rings (SSSR count). The number of hydrogen-bond acceptors (Lipinski definition) is 2. The first-order valence-electron chi connectivity index (χ1n) is 6.72. The minimum absolute atomic E-state index is 0.553. The number of nitrogens with zero attached hydrogens (tertiary/aromatic N) is 1. The van der Waals surface area contributed by atoms with Crippen molar-refractivity contribution in [1.29, 1.82) is 0 Å². The minimum Gasteiger partial charge on any atom is -0.332 e. The van der Waals surface area contributed by atoms with Crippen LogP contribution in [0.1, 0.15) is 5.69 Å². The van der Waals surface area contributed by atoms with Gasteiger partial charge in [-0.3, -0.25) is 4.98 Å². The highest BCUT2D eigenvalue weighted by Crippen LogP contribution is 2.22. The number of rotatable bonds is 2. The van der Waals surface area contributed by atoms with Gasteiger partial charge in [0.2, 0.25) is 0 Å². The van der Waals surface area contributed by atoms with Gasteiger partial charge < -0.3 is 10.6 Å². The topological polar surface area (TPSA) is 37.0 Å². The number of thiocarbonyl (C=S) groups is 1. The number of pyridine rings is 1. The predicted molar refractivity (Wildman–Crippen MR) is 92.8 cm³/mol. The van der Waals surface area contributed by atoms with Crippen molar-refractivity contribution in [1.82, 2.24) is 4.98 Å². The fraction of sp³-hybridized carbons (Fsp3) is 0.0588. The first kappa shape index (κ1) is 13.5. The summed E-state index contributed by atoms with van der Waals surface area (Å²) in [6.07, 6.45) is 0. The zero-order valence-electron chi connectivity index (χ0n) is 11.6. The third-order valence-corrected chi connectivity index (χ3v) is 3.34. The first-order valence-corrected chi connectivity index (χ1v) is 7.12. The molecule has 4 heteroatoms. The zero-order chi connectivity index (χ0) is 14.7. The van der Waals surface area contributed by atoms with Gasteiger partial charge in [-0.2, -0.15) is 0 Å². The van der Waals surface area contributed by atoms with Gasteiger partial charge in [0.1, 0.15) is 0 Å². The Labute approximate surface area is 129 Å². The van der Waals surface area contributed by atoms with E-state index in [4.69, 9.17) is 12.2 Å². The van der Waals surface area contributed by atoms with Crippen molar-refractivity contribution >= 4 is 39.6 Å². The Balaban J connectivity index is 1.84. The number of aryl methyl sites for hydroxylation is 1. The van der Waals surface area contributed by atoms with Gasteiger partial charge in [0.15, 0.2) is 5.11 Å². The predicted octanol–water partition coefficient (Wildman–Crippen LogP) is 4.35. The van der Waals surface area contributed by atoms with Crippen LogP contribution in [0.4, 0.5) is 11.4 Å². The third-order valence-electron chi connectivity index (χ3n) is 3.14. The van der Waals surface area contributed by atoms with E-state index in [0.717, 1.165) is 28.0 Å². The summed E-state index contributed by atoms with van der Waals surface area (Å²) in [5.74, 6) is 0. The summed E-state index contributed by atoms with van der Waals surface area (Å²) in [5, 5.41) is 8.02. The quantitative estimate of drug-likeness (QED) is 0.689. The van der Waals surface area contributed by atoms with Crippen LogP contribution >= 0.6 is 12.2 Å². The lowest BCUT2D eigenvalue weighted by Gasteiger charge is -2.12. The molecule has 2 aromatic carbocycles. The van der Waals surface area contributed by atoms with Crippen LogP contribution < -0.4 is 10.6 Å². The van der Waals surface area contributed by atoms with Gasteiger partial charge in [-0.1, -0.05) is 36.4 Å². The molecule has 0 fully saturated rings. The van der Waals surface area contributed by atoms with Crippen LogP contribution in [0, 0.1) is 6.92 Å². The van der Waals surface area contributed by atoms with Gasteiger partial charge in [-0.15, -0.1) is 0 Å². The van der Waals surface area contributed by atoms with Crippen LogP contribution in [-0.4, -0.2) is 10.1 Å². The highest BCUT2D eigenvalue weighted by atomic mass is 32.1. The van der Waals surface area contributed by atoms with E-state index in [0.29, 0.717) is 5.11 Å². The first-order chi connectivity index (χ1) is 10.2. The number of nitrogens with one attached hydrogen (secondary N) is 2. The number of fused-ring (bicyclic) bond motifs is 1. The third kappa shape index (κ3) is 3.17. The van der Waals surface area contributed by atoms with Gasteiger partial charge in [0.05, 0.1) is 11.2 Å². The van der Waals surface area contributed by atoms with Gasteiger partial charge in [-0.25, -0.2) is 0 Å². The van der Waals surface area contributed by atoms with Crippen molar-refractivity contribution < 1.29 is 0 Å². The summed E-state index contributed by atoms with van der Waals surface area (Å²) in [5.41, 5.74) is 3.78. The summed E-state index contributed by atoms with van der Waals surface area (Å²) in [6.45, 7) is 1.98. The van der Waals surface area contributed by atoms with Crippen molar-refractivity contribution in [2.75, 3.05) is 10.6 Å². The molecule has 0 atom stereocenters. The largest absolute Gasteiger partial charge is 0.332 e. The summed E-state index contributed by atoms with van der Waals surface area (Å²) >= 11 is 5.36. The average molecular weight is 293 g/mol. The van der Waals surface area contributed by atoms with E-state index in [-0.39, 0.29) is 0 Å². The Morgan fingerprint density at radius 2 is 1.71 bits per heavy atom. The molecule has 0 radical (unpaired) electrons. The number of benzene rings is 2. The summed E-state index contributed by atoms with van der Waals surface area (Å²) in [7, 11) is 0. The lowest BCUT2D eigenvalue weighted by atomic mass is 10.2. The SMILES string of the molecule is Cc1ccc2cccc(NC(=S)Nc3ccccc3)c2n1. The summed E-state index contributed by atoms with van der Waals surface area (Å²) in [4.78, 5) is 4.59. The second-order valence-corrected chi connectivity index (χ2v) is 5.18. The second kappa shape index (κ2) is 5.89. The Morgan fingerprint density at radius 1 is 0.905 bits per heavy atom. The van der Waals surface area contributed by atoms with Gasteiger partial charge >= 0.3 is 0 Å². The molecule has 0 aliphatic rings. The highest BCUT2D eigenvalue weighted by molar-refractivity contribution is 7.80. The van der Waals surface area contributed by atoms with E-state index in [1.807, 2.05) is 61.5 Å². The van der Waals surface area contributed by atoms with Crippen molar-refractivity contribution in [3.8, 4) is 0 Å². The van der Waals surface area contributed by atoms with Crippen LogP contribution in [-0.2, 0) is 0 Å². The van der Waals surface area contributed by atoms with Crippen LogP contribution in [0.25, 0.3) is 10.9 Å². The Bertz CT molecular complexity index is 784. The molecule has 0 saturated carbocycles. The molecular formula is C17H15N3S. The summed E-state index contributed by atoms with van der Waals surface area (Å²) in [6, 6.07) is 19.9. The molecule has 0 unspecified atom stereocenters. The highest BCUT2D eigenvalue weighted by Gasteiger charge is 2.04. The molecule has 3 aromatic rings. The molecule has 0 aliphatic carbocycles. The van der Waals surface area contributed by atoms with Gasteiger partial charge in [0.25, 0.3) is 0 Å². The van der Waals surface area contributed by atoms with E-state index in [1.165, 1.54) is 0 Å². The average Bonchev–Trinajstić information content (AvgIpc) is 2.49. The maximum Gasteiger partial charge on any atom is 0.175 e. The fourth-order valence-corrected chi connectivity index (χ4v) is 2.38. The molecule has 2 N–H and O–H groups in total. The molecule has 0 saturated heterocycles. The van der Waals surface area contributed by atoms with E-state index in [9.17, 15) is 0 Å². The molecule has 1 heterocycles. The smallest absolute Gasteiger partial charge is 0.175 e. The maximum atomic E-state index is 5.36. The number of para-hydroxylation sites is 2. The lowest BCUT2D eigenvalue weighted by molar-refractivity contribution is 1.26. The summed E-state index contributed by atoms with van der Waals surface area (Å²) < 4.78 is 0. The molecule has 0 amide bonds. The van der Waals surface area contributed by atoms with Crippen molar-refractivity contribution in [2.45, 2.75) is 6.92 Å². The Morgan fingerprint density at radius 3 is 2.52 bits per heavy atom. The Hall–Kier alpha value is -2.46. The molecular weight excluding hydrogens is 278 g/mol. The molecule has 104 valence electrons. The van der Waals surface area contributed by atoms with Crippen molar-refractivity contribution in [2.24, 2.45) is 0 Å². The number of anilines is 2. The zero-order valence-corrected chi connectivity index (χ0v) is 12.4. The number of hydrogen-bond donors (Lipinski definition) is 2. The van der Waals surface area contributed by atoms with Crippen molar-refractivity contribution in [3.05, 3.63) is 66.4 Å². The van der Waals surface area contributed by atoms with Crippen molar-refractivity contribution in [3.63, 3.8) is 0 Å². The van der Waals surface area contributed by atoms with Crippen LogP contribution in [0.15, 0.2) is 60.7 Å². The molecule has 0 aliphatic heterocycles. The second-order valence-electron chi connectivity index (χ2n) is 4.78. The van der Waals surface area contributed by atoms with E-state index in [1.54, 1.807) is 0 Å². The maximum absolute atomic E-state index is 5.36. The normalized spacial score (nSPS) is 10.3. The van der Waals surface area contributed by atoms with Crippen LogP contribution in [0.5, 0.6) is 0 Å². The standard InChI is InChI=1S/C17H15N3S/c1-12-10-11-13-6-5-9-15(16(13)18-12)20-17(21)19-14-7-3-2-4-8-14/h2-11H,1H3,(H2,19,20,21). The molecule has 3 nitrogen and oxygen atoms in total.